The molecule has 0 unspecified atom stereocenters. The van der Waals surface area contributed by atoms with Gasteiger partial charge in [-0.2, -0.15) is 8.42 Å². The van der Waals surface area contributed by atoms with E-state index in [-0.39, 0.29) is 23.6 Å². The number of carbonyl (C=O) groups is 1. The molecule has 1 aliphatic heterocycles. The van der Waals surface area contributed by atoms with Crippen molar-refractivity contribution in [1.29, 1.82) is 0 Å². The number of carbonyl (C=O) groups excluding carboxylic acids is 1. The number of amides is 1. The highest BCUT2D eigenvalue weighted by atomic mass is 35.5. The van der Waals surface area contributed by atoms with E-state index in [4.69, 9.17) is 11.6 Å². The van der Waals surface area contributed by atoms with E-state index in [1.54, 1.807) is 31.2 Å². The second-order valence-corrected chi connectivity index (χ2v) is 10.6. The fourth-order valence-corrected chi connectivity index (χ4v) is 5.60. The predicted molar refractivity (Wildman–Crippen MR) is 114 cm³/mol. The number of sulfonamides is 1. The van der Waals surface area contributed by atoms with Crippen molar-refractivity contribution in [3.05, 3.63) is 52.5 Å². The van der Waals surface area contributed by atoms with Crippen LogP contribution in [0.25, 0.3) is 0 Å². The highest BCUT2D eigenvalue weighted by Gasteiger charge is 2.35. The number of benzene rings is 2. The first-order valence-electron chi connectivity index (χ1n) is 8.95. The summed E-state index contributed by atoms with van der Waals surface area (Å²) in [6.45, 7) is 1.34. The Morgan fingerprint density at radius 3 is 2.57 bits per heavy atom. The Labute approximate surface area is 179 Å². The van der Waals surface area contributed by atoms with Crippen molar-refractivity contribution in [3.63, 3.8) is 0 Å². The lowest BCUT2D eigenvalue weighted by Crippen LogP contribution is -2.29. The number of halogens is 1. The first-order valence-corrected chi connectivity index (χ1v) is 12.4. The van der Waals surface area contributed by atoms with Crippen molar-refractivity contribution < 1.29 is 26.7 Å². The second kappa shape index (κ2) is 8.32. The van der Waals surface area contributed by atoms with Crippen LogP contribution in [0.15, 0.2) is 36.4 Å². The lowest BCUT2D eigenvalue weighted by atomic mass is 10.0. The number of phenols is 1. The maximum absolute atomic E-state index is 12.1. The third kappa shape index (κ3) is 4.97. The SMILES string of the molecule is CCCS(=O)(=O)Nc1ccc(Cl)cc1Cc1ccc(N2CC(=O)NS2(=O)=O)c(O)c1. The van der Waals surface area contributed by atoms with E-state index in [9.17, 15) is 26.7 Å². The van der Waals surface area contributed by atoms with Crippen molar-refractivity contribution in [1.82, 2.24) is 4.72 Å². The maximum Gasteiger partial charge on any atom is 0.326 e. The predicted octanol–water partition coefficient (Wildman–Crippen LogP) is 1.97. The van der Waals surface area contributed by atoms with Crippen LogP contribution in [-0.2, 0) is 31.4 Å². The summed E-state index contributed by atoms with van der Waals surface area (Å²) in [5.74, 6) is -1.05. The van der Waals surface area contributed by atoms with E-state index in [1.807, 2.05) is 4.72 Å². The Morgan fingerprint density at radius 1 is 1.23 bits per heavy atom. The molecule has 0 bridgehead atoms. The molecule has 12 heteroatoms. The van der Waals surface area contributed by atoms with E-state index < -0.39 is 32.7 Å². The van der Waals surface area contributed by atoms with E-state index in [2.05, 4.69) is 4.72 Å². The summed E-state index contributed by atoms with van der Waals surface area (Å²) in [5.41, 5.74) is 1.51. The molecular weight excluding hydrogens is 454 g/mol. The van der Waals surface area contributed by atoms with Gasteiger partial charge in [0.25, 0.3) is 5.91 Å². The highest BCUT2D eigenvalue weighted by Crippen LogP contribution is 2.33. The van der Waals surface area contributed by atoms with Gasteiger partial charge in [0.2, 0.25) is 10.0 Å². The summed E-state index contributed by atoms with van der Waals surface area (Å²) in [4.78, 5) is 11.4. The standard InChI is InChI=1S/C18H20ClN3O6S2/c1-2-7-29(25,26)20-15-5-4-14(19)10-13(15)8-12-3-6-16(17(23)9-12)22-11-18(24)21-30(22,27)28/h3-6,9-10,20,23H,2,7-8,11H2,1H3,(H,21,24). The fraction of sp³-hybridized carbons (Fsp3) is 0.278. The molecule has 1 aliphatic rings. The van der Waals surface area contributed by atoms with Gasteiger partial charge in [-0.05, 0) is 54.3 Å². The van der Waals surface area contributed by atoms with Gasteiger partial charge in [-0.3, -0.25) is 9.52 Å². The average Bonchev–Trinajstić information content (AvgIpc) is 2.89. The molecule has 9 nitrogen and oxygen atoms in total. The Morgan fingerprint density at radius 2 is 1.97 bits per heavy atom. The third-order valence-corrected chi connectivity index (χ3v) is 7.43. The molecule has 0 atom stereocenters. The van der Waals surface area contributed by atoms with Gasteiger partial charge in [0.15, 0.2) is 0 Å². The van der Waals surface area contributed by atoms with Crippen LogP contribution in [0.4, 0.5) is 11.4 Å². The van der Waals surface area contributed by atoms with Crippen LogP contribution in [0.3, 0.4) is 0 Å². The van der Waals surface area contributed by atoms with Gasteiger partial charge in [-0.1, -0.05) is 24.6 Å². The van der Waals surface area contributed by atoms with Gasteiger partial charge in [0.1, 0.15) is 12.3 Å². The zero-order valence-corrected chi connectivity index (χ0v) is 18.3. The normalized spacial score (nSPS) is 15.8. The Balaban J connectivity index is 1.90. The smallest absolute Gasteiger partial charge is 0.326 e. The van der Waals surface area contributed by atoms with E-state index >= 15 is 0 Å². The zero-order chi connectivity index (χ0) is 22.1. The summed E-state index contributed by atoms with van der Waals surface area (Å²) in [6.07, 6.45) is 0.687. The first-order chi connectivity index (χ1) is 14.0. The van der Waals surface area contributed by atoms with Crippen LogP contribution in [0, 0.1) is 0 Å². The van der Waals surface area contributed by atoms with Crippen molar-refractivity contribution >= 4 is 49.1 Å². The van der Waals surface area contributed by atoms with Crippen molar-refractivity contribution in [2.45, 2.75) is 19.8 Å². The minimum Gasteiger partial charge on any atom is -0.506 e. The number of anilines is 2. The largest absolute Gasteiger partial charge is 0.506 e. The number of nitrogens with one attached hydrogen (secondary N) is 2. The molecule has 0 spiro atoms. The summed E-state index contributed by atoms with van der Waals surface area (Å²) < 4.78 is 53.4. The Bertz CT molecular complexity index is 1200. The van der Waals surface area contributed by atoms with Crippen molar-refractivity contribution in [2.75, 3.05) is 21.3 Å². The third-order valence-electron chi connectivity index (χ3n) is 4.33. The van der Waals surface area contributed by atoms with Crippen LogP contribution < -0.4 is 13.7 Å². The van der Waals surface area contributed by atoms with Gasteiger partial charge in [0.05, 0.1) is 17.1 Å². The zero-order valence-electron chi connectivity index (χ0n) is 15.9. The summed E-state index contributed by atoms with van der Waals surface area (Å²) >= 11 is 6.06. The lowest BCUT2D eigenvalue weighted by molar-refractivity contribution is -0.117. The minimum absolute atomic E-state index is 0.0262. The highest BCUT2D eigenvalue weighted by molar-refractivity contribution is 7.92. The van der Waals surface area contributed by atoms with Gasteiger partial charge in [-0.25, -0.2) is 17.4 Å². The minimum atomic E-state index is -4.04. The quantitative estimate of drug-likeness (QED) is 0.563. The molecule has 2 aromatic carbocycles. The molecule has 0 aromatic heterocycles. The Hall–Kier alpha value is -2.50. The number of hydrogen-bond acceptors (Lipinski definition) is 6. The lowest BCUT2D eigenvalue weighted by Gasteiger charge is -2.17. The summed E-state index contributed by atoms with van der Waals surface area (Å²) in [7, 11) is -7.55. The second-order valence-electron chi connectivity index (χ2n) is 6.76. The van der Waals surface area contributed by atoms with Crippen LogP contribution in [0.2, 0.25) is 5.02 Å². The monoisotopic (exact) mass is 473 g/mol. The van der Waals surface area contributed by atoms with Crippen LogP contribution in [-0.4, -0.2) is 40.1 Å². The van der Waals surface area contributed by atoms with Crippen LogP contribution in [0.1, 0.15) is 24.5 Å². The molecule has 1 amide bonds. The van der Waals surface area contributed by atoms with E-state index in [0.29, 0.717) is 28.3 Å². The van der Waals surface area contributed by atoms with Crippen molar-refractivity contribution in [3.8, 4) is 5.75 Å². The molecule has 0 aliphatic carbocycles. The number of aromatic hydroxyl groups is 1. The van der Waals surface area contributed by atoms with Gasteiger partial charge in [-0.15, -0.1) is 0 Å². The molecule has 0 saturated carbocycles. The van der Waals surface area contributed by atoms with E-state index in [0.717, 1.165) is 4.31 Å². The molecule has 1 saturated heterocycles. The molecule has 3 rings (SSSR count). The maximum atomic E-state index is 12.1. The number of rotatable bonds is 7. The van der Waals surface area contributed by atoms with Crippen LogP contribution in [0.5, 0.6) is 5.75 Å². The average molecular weight is 474 g/mol. The first kappa shape index (κ1) is 22.2. The molecule has 0 radical (unpaired) electrons. The summed E-state index contributed by atoms with van der Waals surface area (Å²) in [5, 5.41) is 10.8. The van der Waals surface area contributed by atoms with Crippen LogP contribution >= 0.6 is 11.6 Å². The Kier molecular flexibility index (Phi) is 6.16. The van der Waals surface area contributed by atoms with Gasteiger partial charge >= 0.3 is 10.2 Å². The number of hydrogen-bond donors (Lipinski definition) is 3. The van der Waals surface area contributed by atoms with E-state index in [1.165, 1.54) is 12.1 Å². The molecule has 2 aromatic rings. The molecule has 3 N–H and O–H groups in total. The fourth-order valence-electron chi connectivity index (χ4n) is 3.07. The molecule has 1 heterocycles. The van der Waals surface area contributed by atoms with Gasteiger partial charge in [0, 0.05) is 5.02 Å². The number of phenolic OH excluding ortho intramolecular Hbond substituents is 1. The van der Waals surface area contributed by atoms with Gasteiger partial charge < -0.3 is 5.11 Å². The van der Waals surface area contributed by atoms with Crippen molar-refractivity contribution in [2.24, 2.45) is 0 Å². The molecule has 1 fully saturated rings. The topological polar surface area (TPSA) is 133 Å². The number of nitrogens with zero attached hydrogens (tertiary/aromatic N) is 1. The molecule has 30 heavy (non-hydrogen) atoms. The molecule has 162 valence electrons. The molecular formula is C18H20ClN3O6S2. The summed E-state index contributed by atoms with van der Waals surface area (Å²) in [6, 6.07) is 9.07.